The lowest BCUT2D eigenvalue weighted by atomic mass is 10.1. The molecule has 0 unspecified atom stereocenters. The highest BCUT2D eigenvalue weighted by Crippen LogP contribution is 2.40. The Morgan fingerprint density at radius 1 is 0.750 bits per heavy atom. The van der Waals surface area contributed by atoms with E-state index in [1.807, 2.05) is 0 Å². The van der Waals surface area contributed by atoms with Gasteiger partial charge in [-0.15, -0.1) is 0 Å². The summed E-state index contributed by atoms with van der Waals surface area (Å²) in [6, 6.07) is 0. The Morgan fingerprint density at radius 2 is 1.04 bits per heavy atom. The molecule has 12 heteroatoms. The molecule has 0 aliphatic carbocycles. The predicted octanol–water partition coefficient (Wildman–Crippen LogP) is 1.83. The minimum Gasteiger partial charge on any atom is -0.321 e. The standard InChI is InChI=1S/C16H20N2O8S2/c1-7(2)15(19)17-11-9(5)13(27(21,22)23)10(6)12(14(11)28(24,25)26)18-16(20)8(3)4/h1,3H2,2,4-6H3,(H,17,19)(H,18,20)(H,21,22,23)(H,24,25,26). The van der Waals surface area contributed by atoms with Crippen molar-refractivity contribution in [3.8, 4) is 0 Å². The summed E-state index contributed by atoms with van der Waals surface area (Å²) < 4.78 is 67.1. The monoisotopic (exact) mass is 432 g/mol. The zero-order valence-corrected chi connectivity index (χ0v) is 17.2. The fraction of sp³-hybridized carbons (Fsp3) is 0.250. The van der Waals surface area contributed by atoms with Crippen LogP contribution in [0.5, 0.6) is 0 Å². The Kier molecular flexibility index (Phi) is 6.57. The van der Waals surface area contributed by atoms with E-state index in [1.54, 1.807) is 0 Å². The number of nitrogens with one attached hydrogen (secondary N) is 2. The summed E-state index contributed by atoms with van der Waals surface area (Å²) in [4.78, 5) is 22.4. The fourth-order valence-electron chi connectivity index (χ4n) is 2.36. The van der Waals surface area contributed by atoms with Crippen molar-refractivity contribution < 1.29 is 35.5 Å². The van der Waals surface area contributed by atoms with Gasteiger partial charge in [-0.1, -0.05) is 13.2 Å². The van der Waals surface area contributed by atoms with Gasteiger partial charge < -0.3 is 10.6 Å². The summed E-state index contributed by atoms with van der Waals surface area (Å²) in [7, 11) is -9.99. The smallest absolute Gasteiger partial charge is 0.298 e. The third kappa shape index (κ3) is 4.84. The number of carbonyl (C=O) groups excluding carboxylic acids is 2. The molecule has 1 rings (SSSR count). The SMILES string of the molecule is C=C(C)C(=O)Nc1c(C)c(S(=O)(=O)O)c(C)c(NC(=O)C(=C)C)c1S(=O)(=O)O. The summed E-state index contributed by atoms with van der Waals surface area (Å²) in [6.07, 6.45) is 0. The summed E-state index contributed by atoms with van der Waals surface area (Å²) in [5.74, 6) is -1.76. The van der Waals surface area contributed by atoms with Crippen LogP contribution >= 0.6 is 0 Å². The van der Waals surface area contributed by atoms with Crippen LogP contribution in [0.3, 0.4) is 0 Å². The third-order valence-electron chi connectivity index (χ3n) is 3.65. The average molecular weight is 432 g/mol. The molecular weight excluding hydrogens is 412 g/mol. The van der Waals surface area contributed by atoms with Crippen LogP contribution in [-0.4, -0.2) is 37.8 Å². The minimum absolute atomic E-state index is 0.0535. The maximum Gasteiger partial charge on any atom is 0.298 e. The average Bonchev–Trinajstić information content (AvgIpc) is 2.48. The Morgan fingerprint density at radius 3 is 1.25 bits per heavy atom. The van der Waals surface area contributed by atoms with Gasteiger partial charge >= 0.3 is 0 Å². The lowest BCUT2D eigenvalue weighted by molar-refractivity contribution is -0.113. The first-order valence-corrected chi connectivity index (χ1v) is 10.4. The van der Waals surface area contributed by atoms with E-state index in [-0.39, 0.29) is 22.3 Å². The lowest BCUT2D eigenvalue weighted by Gasteiger charge is -2.22. The van der Waals surface area contributed by atoms with E-state index in [2.05, 4.69) is 23.8 Å². The molecule has 0 aliphatic rings. The number of benzene rings is 1. The summed E-state index contributed by atoms with van der Waals surface area (Å²) in [6.45, 7) is 11.6. The molecule has 28 heavy (non-hydrogen) atoms. The second kappa shape index (κ2) is 7.83. The van der Waals surface area contributed by atoms with Crippen molar-refractivity contribution in [2.75, 3.05) is 10.6 Å². The van der Waals surface area contributed by atoms with E-state index in [1.165, 1.54) is 13.8 Å². The first kappa shape index (κ1) is 23.5. The normalized spacial score (nSPS) is 11.6. The number of carbonyl (C=O) groups is 2. The molecule has 2 amide bonds. The summed E-state index contributed by atoms with van der Waals surface area (Å²) in [5, 5.41) is 4.28. The van der Waals surface area contributed by atoms with Gasteiger partial charge in [-0.3, -0.25) is 18.7 Å². The van der Waals surface area contributed by atoms with Crippen molar-refractivity contribution in [2.45, 2.75) is 37.5 Å². The van der Waals surface area contributed by atoms with E-state index in [0.717, 1.165) is 13.8 Å². The van der Waals surface area contributed by atoms with Crippen LogP contribution in [0.15, 0.2) is 34.1 Å². The van der Waals surface area contributed by atoms with E-state index < -0.39 is 53.2 Å². The topological polar surface area (TPSA) is 167 Å². The number of hydrogen-bond acceptors (Lipinski definition) is 6. The molecule has 0 aliphatic heterocycles. The van der Waals surface area contributed by atoms with Crippen LogP contribution in [0.1, 0.15) is 25.0 Å². The van der Waals surface area contributed by atoms with Crippen molar-refractivity contribution in [2.24, 2.45) is 0 Å². The zero-order chi connectivity index (χ0) is 22.2. The minimum atomic E-state index is -5.08. The van der Waals surface area contributed by atoms with Crippen LogP contribution in [0.4, 0.5) is 11.4 Å². The van der Waals surface area contributed by atoms with E-state index in [9.17, 15) is 35.5 Å². The molecule has 1 aromatic rings. The zero-order valence-electron chi connectivity index (χ0n) is 15.6. The molecule has 154 valence electrons. The summed E-state index contributed by atoms with van der Waals surface area (Å²) in [5.41, 5.74) is -2.10. The largest absolute Gasteiger partial charge is 0.321 e. The number of rotatable bonds is 6. The van der Waals surface area contributed by atoms with Crippen LogP contribution in [0.2, 0.25) is 0 Å². The van der Waals surface area contributed by atoms with Crippen LogP contribution in [0.25, 0.3) is 0 Å². The van der Waals surface area contributed by atoms with Gasteiger partial charge in [0.2, 0.25) is 0 Å². The molecule has 0 saturated carbocycles. The second-order valence-corrected chi connectivity index (χ2v) is 8.79. The first-order valence-electron chi connectivity index (χ1n) is 7.56. The van der Waals surface area contributed by atoms with Gasteiger partial charge in [0.05, 0.1) is 11.4 Å². The van der Waals surface area contributed by atoms with Gasteiger partial charge in [0, 0.05) is 11.1 Å². The van der Waals surface area contributed by atoms with Gasteiger partial charge in [-0.05, 0) is 38.8 Å². The molecule has 0 atom stereocenters. The molecular formula is C16H20N2O8S2. The number of amides is 2. The van der Waals surface area contributed by atoms with Crippen molar-refractivity contribution in [1.29, 1.82) is 0 Å². The van der Waals surface area contributed by atoms with Crippen molar-refractivity contribution in [3.05, 3.63) is 35.4 Å². The quantitative estimate of drug-likeness (QED) is 0.390. The predicted molar refractivity (Wildman–Crippen MR) is 102 cm³/mol. The number of anilines is 2. The van der Waals surface area contributed by atoms with Crippen LogP contribution in [0, 0.1) is 13.8 Å². The fourth-order valence-corrected chi connectivity index (χ4v) is 4.26. The Labute approximate surface area is 162 Å². The van der Waals surface area contributed by atoms with Crippen LogP contribution < -0.4 is 10.6 Å². The highest BCUT2D eigenvalue weighted by Gasteiger charge is 2.33. The van der Waals surface area contributed by atoms with E-state index in [4.69, 9.17) is 0 Å². The third-order valence-corrected chi connectivity index (χ3v) is 5.71. The van der Waals surface area contributed by atoms with Gasteiger partial charge in [-0.2, -0.15) is 16.8 Å². The van der Waals surface area contributed by atoms with Crippen molar-refractivity contribution in [3.63, 3.8) is 0 Å². The highest BCUT2D eigenvalue weighted by atomic mass is 32.2. The molecule has 0 heterocycles. The Bertz CT molecular complexity index is 1060. The maximum absolute atomic E-state index is 12.0. The van der Waals surface area contributed by atoms with E-state index >= 15 is 0 Å². The van der Waals surface area contributed by atoms with E-state index in [0.29, 0.717) is 0 Å². The van der Waals surface area contributed by atoms with Gasteiger partial charge in [0.25, 0.3) is 32.1 Å². The van der Waals surface area contributed by atoms with Gasteiger partial charge in [-0.25, -0.2) is 0 Å². The molecule has 10 nitrogen and oxygen atoms in total. The van der Waals surface area contributed by atoms with Gasteiger partial charge in [0.15, 0.2) is 0 Å². The van der Waals surface area contributed by atoms with Crippen LogP contribution in [-0.2, 0) is 29.8 Å². The molecule has 1 aromatic carbocycles. The molecule has 0 spiro atoms. The van der Waals surface area contributed by atoms with Gasteiger partial charge in [0.1, 0.15) is 9.79 Å². The molecule has 0 saturated heterocycles. The second-order valence-electron chi connectivity index (χ2n) is 6.08. The maximum atomic E-state index is 12.0. The number of hydrogen-bond donors (Lipinski definition) is 4. The van der Waals surface area contributed by atoms with Crippen molar-refractivity contribution in [1.82, 2.24) is 0 Å². The molecule has 0 bridgehead atoms. The Hall–Kier alpha value is -2.54. The molecule has 0 fully saturated rings. The lowest BCUT2D eigenvalue weighted by Crippen LogP contribution is -2.22. The molecule has 4 N–H and O–H groups in total. The highest BCUT2D eigenvalue weighted by molar-refractivity contribution is 7.86. The first-order chi connectivity index (χ1) is 12.5. The van der Waals surface area contributed by atoms with Crippen molar-refractivity contribution >= 4 is 43.4 Å². The Balaban J connectivity index is 4.17. The summed E-state index contributed by atoms with van der Waals surface area (Å²) >= 11 is 0. The molecule has 0 radical (unpaired) electrons. The molecule has 0 aromatic heterocycles.